The van der Waals surface area contributed by atoms with Crippen molar-refractivity contribution in [3.05, 3.63) is 0 Å². The SMILES string of the molecule is CCC1O[C@H](OCOCC(COCO[C@H]2OC(CC)[C@@H](C)C(C)[C@H]2C)(COCO[C@H]2OC(CC)[C@@H](C)C(C)[C@H]2C)CC(C)C)[C@H](C)C(C)[C@@H]1C. The highest BCUT2D eigenvalue weighted by molar-refractivity contribution is 4.85. The first-order chi connectivity index (χ1) is 23.7. The summed E-state index contributed by atoms with van der Waals surface area (Å²) >= 11 is 0. The van der Waals surface area contributed by atoms with Crippen LogP contribution in [0.1, 0.15) is 123 Å². The number of hydrogen-bond acceptors (Lipinski definition) is 9. The van der Waals surface area contributed by atoms with Gasteiger partial charge in [0.25, 0.3) is 0 Å². The molecule has 0 aromatic rings. The predicted octanol–water partition coefficient (Wildman–Crippen LogP) is 9.12. The zero-order valence-electron chi connectivity index (χ0n) is 34.5. The van der Waals surface area contributed by atoms with Gasteiger partial charge in [0.1, 0.15) is 20.4 Å². The normalized spacial score (nSPS) is 41.0. The topological polar surface area (TPSA) is 83.1 Å². The predicted molar refractivity (Wildman–Crippen MR) is 197 cm³/mol. The van der Waals surface area contributed by atoms with E-state index in [1.807, 2.05) is 0 Å². The second-order valence-corrected chi connectivity index (χ2v) is 17.1. The minimum absolute atomic E-state index is 0.142. The van der Waals surface area contributed by atoms with Crippen LogP contribution in [0.25, 0.3) is 0 Å². The van der Waals surface area contributed by atoms with Crippen molar-refractivity contribution < 1.29 is 42.6 Å². The molecule has 0 aliphatic carbocycles. The van der Waals surface area contributed by atoms with Gasteiger partial charge in [-0.05, 0) is 67.1 Å². The molecule has 0 radical (unpaired) electrons. The van der Waals surface area contributed by atoms with Gasteiger partial charge in [-0.3, -0.25) is 0 Å². The van der Waals surface area contributed by atoms with Gasteiger partial charge in [0.15, 0.2) is 18.9 Å². The molecule has 3 aliphatic rings. The average Bonchev–Trinajstić information content (AvgIpc) is 3.09. The maximum atomic E-state index is 6.37. The monoisotopic (exact) mass is 715 g/mol. The first-order valence-corrected chi connectivity index (χ1v) is 20.2. The van der Waals surface area contributed by atoms with E-state index in [1.165, 1.54) is 0 Å². The summed E-state index contributed by atoms with van der Waals surface area (Å²) in [5.74, 6) is 4.22. The lowest BCUT2D eigenvalue weighted by atomic mass is 9.78. The van der Waals surface area contributed by atoms with E-state index in [0.717, 1.165) is 25.7 Å². The van der Waals surface area contributed by atoms with Crippen LogP contribution in [0, 0.1) is 64.6 Å². The third-order valence-electron chi connectivity index (χ3n) is 13.2. The molecule has 0 amide bonds. The molecule has 3 heterocycles. The lowest BCUT2D eigenvalue weighted by molar-refractivity contribution is -0.289. The molecule has 3 rings (SSSR count). The number of hydrogen-bond donors (Lipinski definition) is 0. The Kier molecular flexibility index (Phi) is 18.4. The van der Waals surface area contributed by atoms with Gasteiger partial charge in [0.05, 0.1) is 38.1 Å². The van der Waals surface area contributed by atoms with Gasteiger partial charge in [-0.25, -0.2) is 0 Å². The third-order valence-corrected chi connectivity index (χ3v) is 13.2. The lowest BCUT2D eigenvalue weighted by Crippen LogP contribution is -2.46. The Morgan fingerprint density at radius 3 is 0.960 bits per heavy atom. The molecule has 9 heteroatoms. The van der Waals surface area contributed by atoms with Crippen LogP contribution in [0.4, 0.5) is 0 Å². The minimum Gasteiger partial charge on any atom is -0.355 e. The zero-order valence-corrected chi connectivity index (χ0v) is 34.5. The first-order valence-electron chi connectivity index (χ1n) is 20.2. The Morgan fingerprint density at radius 2 is 0.720 bits per heavy atom. The second kappa shape index (κ2) is 20.9. The summed E-state index contributed by atoms with van der Waals surface area (Å²) < 4.78 is 56.8. The molecular formula is C41H78O9. The molecule has 3 fully saturated rings. The Labute approximate surface area is 306 Å². The Balaban J connectivity index is 1.64. The van der Waals surface area contributed by atoms with Crippen LogP contribution < -0.4 is 0 Å². The van der Waals surface area contributed by atoms with Crippen LogP contribution in [-0.4, -0.2) is 77.4 Å². The Hall–Kier alpha value is -0.360. The molecule has 50 heavy (non-hydrogen) atoms. The van der Waals surface area contributed by atoms with Gasteiger partial charge < -0.3 is 42.6 Å². The molecule has 3 aliphatic heterocycles. The maximum Gasteiger partial charge on any atom is 0.163 e. The molecule has 0 bridgehead atoms. The molecule has 0 saturated carbocycles. The fourth-order valence-electron chi connectivity index (χ4n) is 8.72. The zero-order chi connectivity index (χ0) is 37.2. The molecule has 0 spiro atoms. The van der Waals surface area contributed by atoms with Gasteiger partial charge in [-0.2, -0.15) is 0 Å². The second-order valence-electron chi connectivity index (χ2n) is 17.1. The molecule has 296 valence electrons. The van der Waals surface area contributed by atoms with E-state index in [1.54, 1.807) is 0 Å². The van der Waals surface area contributed by atoms with E-state index in [9.17, 15) is 0 Å². The Bertz CT molecular complexity index is 820. The largest absolute Gasteiger partial charge is 0.355 e. The summed E-state index contributed by atoms with van der Waals surface area (Å²) in [6.45, 7) is 33.0. The minimum atomic E-state index is -0.448. The summed E-state index contributed by atoms with van der Waals surface area (Å²) in [5.41, 5.74) is -0.448. The van der Waals surface area contributed by atoms with Gasteiger partial charge in [0.2, 0.25) is 0 Å². The third kappa shape index (κ3) is 11.6. The van der Waals surface area contributed by atoms with Gasteiger partial charge in [-0.1, -0.05) is 96.9 Å². The summed E-state index contributed by atoms with van der Waals surface area (Å²) in [6, 6.07) is 0. The molecule has 3 saturated heterocycles. The highest BCUT2D eigenvalue weighted by Gasteiger charge is 2.42. The van der Waals surface area contributed by atoms with Crippen molar-refractivity contribution in [2.45, 2.75) is 160 Å². The van der Waals surface area contributed by atoms with Crippen molar-refractivity contribution in [3.63, 3.8) is 0 Å². The molecule has 0 aromatic heterocycles. The van der Waals surface area contributed by atoms with Crippen molar-refractivity contribution in [3.8, 4) is 0 Å². The van der Waals surface area contributed by atoms with E-state index in [2.05, 4.69) is 96.9 Å². The molecule has 0 N–H and O–H groups in total. The van der Waals surface area contributed by atoms with Crippen molar-refractivity contribution in [1.82, 2.24) is 0 Å². The van der Waals surface area contributed by atoms with Crippen LogP contribution in [0.15, 0.2) is 0 Å². The van der Waals surface area contributed by atoms with E-state index in [4.69, 9.17) is 42.6 Å². The van der Waals surface area contributed by atoms with Gasteiger partial charge in [-0.15, -0.1) is 0 Å². The van der Waals surface area contributed by atoms with Crippen LogP contribution in [0.2, 0.25) is 0 Å². The lowest BCUT2D eigenvalue weighted by Gasteiger charge is -2.43. The summed E-state index contributed by atoms with van der Waals surface area (Å²) in [5, 5.41) is 0. The molecule has 9 nitrogen and oxygen atoms in total. The van der Waals surface area contributed by atoms with Crippen LogP contribution in [0.5, 0.6) is 0 Å². The number of ether oxygens (including phenoxy) is 9. The molecule has 6 unspecified atom stereocenters. The van der Waals surface area contributed by atoms with Gasteiger partial charge >= 0.3 is 0 Å². The van der Waals surface area contributed by atoms with E-state index >= 15 is 0 Å². The highest BCUT2D eigenvalue weighted by atomic mass is 16.8. The quantitative estimate of drug-likeness (QED) is 0.0906. The fourth-order valence-corrected chi connectivity index (χ4v) is 8.72. The fraction of sp³-hybridized carbons (Fsp3) is 1.00. The smallest absolute Gasteiger partial charge is 0.163 e. The summed E-state index contributed by atoms with van der Waals surface area (Å²) in [7, 11) is 0. The molecular weight excluding hydrogens is 636 g/mol. The summed E-state index contributed by atoms with van der Waals surface area (Å²) in [4.78, 5) is 0. The van der Waals surface area contributed by atoms with Crippen LogP contribution in [-0.2, 0) is 42.6 Å². The molecule has 0 aromatic carbocycles. The van der Waals surface area contributed by atoms with Crippen LogP contribution >= 0.6 is 0 Å². The van der Waals surface area contributed by atoms with Crippen LogP contribution in [0.3, 0.4) is 0 Å². The summed E-state index contributed by atoms with van der Waals surface area (Å²) in [6.07, 6.45) is 3.46. The Morgan fingerprint density at radius 1 is 0.440 bits per heavy atom. The maximum absolute atomic E-state index is 6.37. The average molecular weight is 715 g/mol. The molecule has 15 atom stereocenters. The van der Waals surface area contributed by atoms with E-state index in [-0.39, 0.29) is 75.3 Å². The highest BCUT2D eigenvalue weighted by Crippen LogP contribution is 2.39. The van der Waals surface area contributed by atoms with E-state index in [0.29, 0.717) is 61.2 Å². The standard InChI is InChI=1S/C41H78O9/c1-15-35-29(9)26(6)32(12)38(48-35)45-22-42-19-41(18-25(4)5,20-43-23-46-39-33(13)27(7)30(10)36(16-2)49-39)21-44-24-47-40-34(14)28(8)31(11)37(17-3)50-40/h25-40H,15-24H2,1-14H3/t26?,27?,28?,29-,30-,31-,32+,33+,34+,35?,36?,37?,38-,39-,40-,41?/m0/s1. The van der Waals surface area contributed by atoms with Gasteiger partial charge in [0, 0.05) is 23.2 Å². The van der Waals surface area contributed by atoms with Crippen molar-refractivity contribution >= 4 is 0 Å². The van der Waals surface area contributed by atoms with Crippen molar-refractivity contribution in [2.75, 3.05) is 40.2 Å². The first kappa shape index (κ1) is 44.0. The van der Waals surface area contributed by atoms with Crippen molar-refractivity contribution in [1.29, 1.82) is 0 Å². The van der Waals surface area contributed by atoms with Crippen molar-refractivity contribution in [2.24, 2.45) is 64.6 Å². The van der Waals surface area contributed by atoms with E-state index < -0.39 is 5.41 Å². The number of rotatable bonds is 20.